The number of aryl methyl sites for hydroxylation is 3. The van der Waals surface area contributed by atoms with Crippen molar-refractivity contribution in [1.29, 1.82) is 0 Å². The van der Waals surface area contributed by atoms with E-state index in [0.717, 1.165) is 50.5 Å². The summed E-state index contributed by atoms with van der Waals surface area (Å²) < 4.78 is 2.87. The number of fused-ring (bicyclic) bond motifs is 3. The van der Waals surface area contributed by atoms with Gasteiger partial charge in [0.05, 0.1) is 11.1 Å². The molecule has 6 heteroatoms. The second-order valence-electron chi connectivity index (χ2n) is 7.68. The van der Waals surface area contributed by atoms with E-state index in [1.54, 1.807) is 23.1 Å². The van der Waals surface area contributed by atoms with Crippen LogP contribution in [-0.4, -0.2) is 9.55 Å². The molecule has 0 saturated carbocycles. The normalized spacial score (nSPS) is 13.5. The van der Waals surface area contributed by atoms with Crippen LogP contribution in [0.2, 0.25) is 0 Å². The molecule has 0 bridgehead atoms. The third-order valence-electron chi connectivity index (χ3n) is 5.51. The lowest BCUT2D eigenvalue weighted by Crippen LogP contribution is -2.22. The zero-order valence-electron chi connectivity index (χ0n) is 16.7. The zero-order chi connectivity index (χ0) is 20.7. The van der Waals surface area contributed by atoms with Crippen molar-refractivity contribution in [2.75, 3.05) is 0 Å². The van der Waals surface area contributed by atoms with Crippen LogP contribution >= 0.6 is 39.0 Å². The molecule has 0 N–H and O–H groups in total. The van der Waals surface area contributed by atoms with E-state index in [9.17, 15) is 4.79 Å². The van der Waals surface area contributed by atoms with Crippen LogP contribution in [0.3, 0.4) is 0 Å². The molecular weight excluding hydrogens is 476 g/mol. The number of rotatable bonds is 4. The highest BCUT2D eigenvalue weighted by Gasteiger charge is 2.22. The first-order chi connectivity index (χ1) is 14.6. The maximum absolute atomic E-state index is 13.7. The van der Waals surface area contributed by atoms with Gasteiger partial charge in [-0.2, -0.15) is 0 Å². The Morgan fingerprint density at radius 2 is 1.93 bits per heavy atom. The van der Waals surface area contributed by atoms with Crippen molar-refractivity contribution in [3.8, 4) is 5.69 Å². The van der Waals surface area contributed by atoms with Crippen molar-refractivity contribution in [3.63, 3.8) is 0 Å². The molecule has 0 spiro atoms. The standard InChI is InChI=1S/C24H21BrN2OS2/c1-15-9-11-18(12-10-15)27-23(28)21-19-7-2-3-8-20(19)30-22(21)26-24(27)29-14-16-5-4-6-17(25)13-16/h4-6,9-13H,2-3,7-8,14H2,1H3. The van der Waals surface area contributed by atoms with Crippen LogP contribution < -0.4 is 5.56 Å². The van der Waals surface area contributed by atoms with Crippen LogP contribution in [0, 0.1) is 6.92 Å². The van der Waals surface area contributed by atoms with Gasteiger partial charge in [-0.15, -0.1) is 11.3 Å². The predicted octanol–water partition coefficient (Wildman–Crippen LogP) is 6.69. The minimum Gasteiger partial charge on any atom is -0.268 e. The van der Waals surface area contributed by atoms with Gasteiger partial charge in [0.2, 0.25) is 0 Å². The summed E-state index contributed by atoms with van der Waals surface area (Å²) in [6, 6.07) is 16.4. The molecule has 0 radical (unpaired) electrons. The summed E-state index contributed by atoms with van der Waals surface area (Å²) in [4.78, 5) is 21.0. The SMILES string of the molecule is Cc1ccc(-n2c(SCc3cccc(Br)c3)nc3sc4c(c3c2=O)CCCC4)cc1. The molecule has 5 rings (SSSR count). The summed E-state index contributed by atoms with van der Waals surface area (Å²) >= 11 is 6.88. The summed E-state index contributed by atoms with van der Waals surface area (Å²) in [5.74, 6) is 0.758. The number of thioether (sulfide) groups is 1. The average molecular weight is 497 g/mol. The summed E-state index contributed by atoms with van der Waals surface area (Å²) in [5, 5.41) is 1.59. The van der Waals surface area contributed by atoms with E-state index in [1.165, 1.54) is 28.0 Å². The van der Waals surface area contributed by atoms with Gasteiger partial charge in [0.15, 0.2) is 5.16 Å². The van der Waals surface area contributed by atoms with Gasteiger partial charge < -0.3 is 0 Å². The fourth-order valence-electron chi connectivity index (χ4n) is 3.98. The Bertz CT molecular complexity index is 1290. The molecule has 3 nitrogen and oxygen atoms in total. The molecule has 0 amide bonds. The Balaban J connectivity index is 1.66. The van der Waals surface area contributed by atoms with Crippen LogP contribution in [0.5, 0.6) is 0 Å². The number of thiophene rings is 1. The number of nitrogens with zero attached hydrogens (tertiary/aromatic N) is 2. The molecule has 0 saturated heterocycles. The zero-order valence-corrected chi connectivity index (χ0v) is 19.9. The minimum atomic E-state index is 0.0694. The molecule has 30 heavy (non-hydrogen) atoms. The number of hydrogen-bond donors (Lipinski definition) is 0. The molecule has 4 aromatic rings. The van der Waals surface area contributed by atoms with Crippen LogP contribution in [0.15, 0.2) is 63.0 Å². The quantitative estimate of drug-likeness (QED) is 0.233. The molecule has 0 atom stereocenters. The van der Waals surface area contributed by atoms with Gasteiger partial charge in [0.25, 0.3) is 5.56 Å². The topological polar surface area (TPSA) is 34.9 Å². The Morgan fingerprint density at radius 3 is 2.73 bits per heavy atom. The summed E-state index contributed by atoms with van der Waals surface area (Å²) in [6.07, 6.45) is 4.42. The van der Waals surface area contributed by atoms with Gasteiger partial charge in [-0.1, -0.05) is 57.5 Å². The smallest absolute Gasteiger partial charge is 0.267 e. The van der Waals surface area contributed by atoms with E-state index in [2.05, 4.69) is 47.1 Å². The Kier molecular flexibility index (Phi) is 5.56. The van der Waals surface area contributed by atoms with E-state index < -0.39 is 0 Å². The van der Waals surface area contributed by atoms with Crippen LogP contribution in [0.4, 0.5) is 0 Å². The van der Waals surface area contributed by atoms with Gasteiger partial charge in [-0.25, -0.2) is 4.98 Å². The highest BCUT2D eigenvalue weighted by Crippen LogP contribution is 2.35. The summed E-state index contributed by atoms with van der Waals surface area (Å²) in [7, 11) is 0. The van der Waals surface area contributed by atoms with Gasteiger partial charge >= 0.3 is 0 Å². The van der Waals surface area contributed by atoms with E-state index in [-0.39, 0.29) is 5.56 Å². The predicted molar refractivity (Wildman–Crippen MR) is 130 cm³/mol. The number of benzene rings is 2. The Morgan fingerprint density at radius 1 is 1.13 bits per heavy atom. The molecule has 2 aromatic carbocycles. The van der Waals surface area contributed by atoms with Crippen molar-refractivity contribution in [1.82, 2.24) is 9.55 Å². The lowest BCUT2D eigenvalue weighted by atomic mass is 9.97. The molecule has 152 valence electrons. The van der Waals surface area contributed by atoms with E-state index >= 15 is 0 Å². The maximum atomic E-state index is 13.7. The minimum absolute atomic E-state index is 0.0694. The molecule has 0 aliphatic heterocycles. The van der Waals surface area contributed by atoms with Crippen molar-refractivity contribution in [2.24, 2.45) is 0 Å². The third kappa shape index (κ3) is 3.77. The van der Waals surface area contributed by atoms with Crippen LogP contribution in [-0.2, 0) is 18.6 Å². The summed E-state index contributed by atoms with van der Waals surface area (Å²) in [5.41, 5.74) is 4.57. The first-order valence-electron chi connectivity index (χ1n) is 10.1. The molecule has 2 heterocycles. The lowest BCUT2D eigenvalue weighted by Gasteiger charge is -2.14. The third-order valence-corrected chi connectivity index (χ3v) is 8.20. The second kappa shape index (κ2) is 8.33. The molecular formula is C24H21BrN2OS2. The highest BCUT2D eigenvalue weighted by atomic mass is 79.9. The monoisotopic (exact) mass is 496 g/mol. The van der Waals surface area contributed by atoms with Crippen molar-refractivity contribution in [2.45, 2.75) is 43.5 Å². The fraction of sp³-hybridized carbons (Fsp3) is 0.250. The summed E-state index contributed by atoms with van der Waals surface area (Å²) in [6.45, 7) is 2.06. The van der Waals surface area contributed by atoms with Gasteiger partial charge in [0.1, 0.15) is 4.83 Å². The van der Waals surface area contributed by atoms with Crippen molar-refractivity contribution >= 4 is 49.2 Å². The first-order valence-corrected chi connectivity index (χ1v) is 12.7. The lowest BCUT2D eigenvalue weighted by molar-refractivity contribution is 0.699. The number of halogens is 1. The molecule has 0 unspecified atom stereocenters. The average Bonchev–Trinajstić information content (AvgIpc) is 3.12. The number of hydrogen-bond acceptors (Lipinski definition) is 4. The largest absolute Gasteiger partial charge is 0.268 e. The van der Waals surface area contributed by atoms with Crippen molar-refractivity contribution < 1.29 is 0 Å². The molecule has 0 fully saturated rings. The van der Waals surface area contributed by atoms with E-state index in [1.807, 2.05) is 28.8 Å². The highest BCUT2D eigenvalue weighted by molar-refractivity contribution is 9.10. The molecule has 2 aromatic heterocycles. The fourth-order valence-corrected chi connectivity index (χ4v) is 6.68. The van der Waals surface area contributed by atoms with Gasteiger partial charge in [0, 0.05) is 15.1 Å². The first kappa shape index (κ1) is 20.0. The molecule has 1 aliphatic rings. The number of aromatic nitrogens is 2. The van der Waals surface area contributed by atoms with Gasteiger partial charge in [-0.05, 0) is 68.0 Å². The van der Waals surface area contributed by atoms with E-state index in [4.69, 9.17) is 4.98 Å². The Hall–Kier alpha value is -1.89. The van der Waals surface area contributed by atoms with Crippen LogP contribution in [0.1, 0.15) is 34.4 Å². The second-order valence-corrected chi connectivity index (χ2v) is 10.6. The van der Waals surface area contributed by atoms with E-state index in [0.29, 0.717) is 0 Å². The van der Waals surface area contributed by atoms with Crippen LogP contribution in [0.25, 0.3) is 15.9 Å². The molecule has 1 aliphatic carbocycles. The maximum Gasteiger partial charge on any atom is 0.267 e. The Labute approximate surface area is 192 Å². The van der Waals surface area contributed by atoms with Crippen molar-refractivity contribution in [3.05, 3.63) is 84.9 Å². The van der Waals surface area contributed by atoms with Gasteiger partial charge in [-0.3, -0.25) is 9.36 Å².